The Morgan fingerprint density at radius 3 is 1.62 bits per heavy atom. The van der Waals surface area contributed by atoms with Crippen molar-refractivity contribution in [1.29, 1.82) is 0 Å². The van der Waals surface area contributed by atoms with E-state index in [9.17, 15) is 0 Å². The first-order valence-electron chi connectivity index (χ1n) is 5.84. The van der Waals surface area contributed by atoms with Crippen LogP contribution in [0, 0.1) is 23.2 Å². The van der Waals surface area contributed by atoms with Gasteiger partial charge in [0.25, 0.3) is 0 Å². The molecule has 0 fully saturated rings. The lowest BCUT2D eigenvalue weighted by atomic mass is 9.69. The van der Waals surface area contributed by atoms with E-state index >= 15 is 0 Å². The molecule has 0 rings (SSSR count). The molecule has 0 nitrogen and oxygen atoms in total. The molecule has 0 aromatic carbocycles. The minimum atomic E-state index is 0.462. The van der Waals surface area contributed by atoms with Crippen LogP contribution >= 0.6 is 0 Å². The normalized spacial score (nSPS) is 19.6. The average molecular weight is 184 g/mol. The van der Waals surface area contributed by atoms with E-state index in [4.69, 9.17) is 0 Å². The molecule has 0 aliphatic rings. The molecule has 0 heteroatoms. The number of rotatable bonds is 4. The van der Waals surface area contributed by atoms with Crippen LogP contribution in [0.25, 0.3) is 0 Å². The molecular formula is C13H28. The number of hydrogen-bond donors (Lipinski definition) is 0. The van der Waals surface area contributed by atoms with Gasteiger partial charge in [-0.25, -0.2) is 0 Å². The summed E-state index contributed by atoms with van der Waals surface area (Å²) in [6.45, 7) is 16.5. The van der Waals surface area contributed by atoms with Gasteiger partial charge in [0, 0.05) is 0 Å². The maximum Gasteiger partial charge on any atom is -0.0354 e. The molecule has 0 aliphatic heterocycles. The van der Waals surface area contributed by atoms with Crippen molar-refractivity contribution in [3.8, 4) is 0 Å². The summed E-state index contributed by atoms with van der Waals surface area (Å²) in [6.07, 6.45) is 2.65. The second-order valence-electron chi connectivity index (χ2n) is 5.61. The van der Waals surface area contributed by atoms with Gasteiger partial charge in [-0.3, -0.25) is 0 Å². The van der Waals surface area contributed by atoms with E-state index in [1.807, 2.05) is 0 Å². The van der Waals surface area contributed by atoms with Gasteiger partial charge in [-0.05, 0) is 23.2 Å². The molecule has 0 N–H and O–H groups in total. The molecule has 0 spiro atoms. The first kappa shape index (κ1) is 13.0. The van der Waals surface area contributed by atoms with Gasteiger partial charge in [-0.1, -0.05) is 61.3 Å². The van der Waals surface area contributed by atoms with Crippen LogP contribution in [0.2, 0.25) is 0 Å². The van der Waals surface area contributed by atoms with Crippen molar-refractivity contribution in [3.63, 3.8) is 0 Å². The lowest BCUT2D eigenvalue weighted by Crippen LogP contribution is -2.29. The minimum Gasteiger partial charge on any atom is -0.0651 e. The maximum atomic E-state index is 2.42. The molecule has 80 valence electrons. The van der Waals surface area contributed by atoms with E-state index < -0.39 is 0 Å². The molecule has 3 unspecified atom stereocenters. The van der Waals surface area contributed by atoms with Crippen molar-refractivity contribution in [2.24, 2.45) is 23.2 Å². The van der Waals surface area contributed by atoms with Crippen LogP contribution in [0.5, 0.6) is 0 Å². The topological polar surface area (TPSA) is 0 Å². The van der Waals surface area contributed by atoms with Crippen LogP contribution in [-0.2, 0) is 0 Å². The molecule has 0 heterocycles. The Morgan fingerprint density at radius 2 is 1.38 bits per heavy atom. The van der Waals surface area contributed by atoms with Gasteiger partial charge in [0.1, 0.15) is 0 Å². The highest BCUT2D eigenvalue weighted by Crippen LogP contribution is 2.38. The van der Waals surface area contributed by atoms with Crippen LogP contribution in [0.4, 0.5) is 0 Å². The lowest BCUT2D eigenvalue weighted by Gasteiger charge is -2.37. The third-order valence-electron chi connectivity index (χ3n) is 3.85. The van der Waals surface area contributed by atoms with Gasteiger partial charge in [0.05, 0.1) is 0 Å². The summed E-state index contributed by atoms with van der Waals surface area (Å²) in [5, 5.41) is 0. The molecule has 0 saturated heterocycles. The zero-order chi connectivity index (χ0) is 10.6. The fourth-order valence-corrected chi connectivity index (χ4v) is 2.19. The van der Waals surface area contributed by atoms with E-state index in [0.717, 1.165) is 17.8 Å². The fourth-order valence-electron chi connectivity index (χ4n) is 2.19. The summed E-state index contributed by atoms with van der Waals surface area (Å²) in [6, 6.07) is 0. The summed E-state index contributed by atoms with van der Waals surface area (Å²) in [4.78, 5) is 0. The predicted molar refractivity (Wildman–Crippen MR) is 61.9 cm³/mol. The maximum absolute atomic E-state index is 2.42. The van der Waals surface area contributed by atoms with Gasteiger partial charge in [0.15, 0.2) is 0 Å². The Kier molecular flexibility index (Phi) is 5.02. The predicted octanol–water partition coefficient (Wildman–Crippen LogP) is 4.74. The summed E-state index contributed by atoms with van der Waals surface area (Å²) in [5.41, 5.74) is 0.462. The average Bonchev–Trinajstić information content (AvgIpc) is 2.03. The van der Waals surface area contributed by atoms with Crippen LogP contribution in [0.15, 0.2) is 0 Å². The Labute approximate surface area is 85.1 Å². The monoisotopic (exact) mass is 184 g/mol. The van der Waals surface area contributed by atoms with Crippen molar-refractivity contribution in [3.05, 3.63) is 0 Å². The van der Waals surface area contributed by atoms with Crippen LogP contribution in [0.3, 0.4) is 0 Å². The zero-order valence-electron chi connectivity index (χ0n) is 10.6. The van der Waals surface area contributed by atoms with Crippen LogP contribution in [0.1, 0.15) is 61.3 Å². The van der Waals surface area contributed by atoms with Crippen molar-refractivity contribution >= 4 is 0 Å². The molecule has 0 amide bonds. The lowest BCUT2D eigenvalue weighted by molar-refractivity contribution is 0.126. The van der Waals surface area contributed by atoms with E-state index in [0.29, 0.717) is 5.41 Å². The standard InChI is InChI=1S/C13H28/c1-8-10(3)12(9-2)11(4)13(5,6)7/h10-12H,8-9H2,1-7H3. The highest BCUT2D eigenvalue weighted by atomic mass is 14.3. The van der Waals surface area contributed by atoms with Crippen molar-refractivity contribution in [1.82, 2.24) is 0 Å². The van der Waals surface area contributed by atoms with E-state index in [-0.39, 0.29) is 0 Å². The Morgan fingerprint density at radius 1 is 0.923 bits per heavy atom. The second kappa shape index (κ2) is 5.02. The first-order chi connectivity index (χ1) is 5.84. The van der Waals surface area contributed by atoms with Gasteiger partial charge >= 0.3 is 0 Å². The van der Waals surface area contributed by atoms with Gasteiger partial charge in [0.2, 0.25) is 0 Å². The molecule has 0 saturated carbocycles. The van der Waals surface area contributed by atoms with Gasteiger partial charge in [-0.15, -0.1) is 0 Å². The molecule has 13 heavy (non-hydrogen) atoms. The summed E-state index contributed by atoms with van der Waals surface area (Å²) in [7, 11) is 0. The fraction of sp³-hybridized carbons (Fsp3) is 1.00. The minimum absolute atomic E-state index is 0.462. The molecular weight excluding hydrogens is 156 g/mol. The van der Waals surface area contributed by atoms with E-state index in [1.165, 1.54) is 12.8 Å². The smallest absolute Gasteiger partial charge is 0.0354 e. The SMILES string of the molecule is CCC(C)C(CC)C(C)C(C)(C)C. The first-order valence-corrected chi connectivity index (χ1v) is 5.84. The van der Waals surface area contributed by atoms with Crippen molar-refractivity contribution in [2.75, 3.05) is 0 Å². The highest BCUT2D eigenvalue weighted by Gasteiger charge is 2.29. The Hall–Kier alpha value is 0. The zero-order valence-corrected chi connectivity index (χ0v) is 10.6. The Bertz CT molecular complexity index is 129. The largest absolute Gasteiger partial charge is 0.0651 e. The molecule has 0 aromatic heterocycles. The molecule has 0 aromatic rings. The van der Waals surface area contributed by atoms with E-state index in [1.54, 1.807) is 0 Å². The summed E-state index contributed by atoms with van der Waals surface area (Å²) < 4.78 is 0. The van der Waals surface area contributed by atoms with E-state index in [2.05, 4.69) is 48.5 Å². The molecule has 0 bridgehead atoms. The van der Waals surface area contributed by atoms with Crippen molar-refractivity contribution in [2.45, 2.75) is 61.3 Å². The van der Waals surface area contributed by atoms with Gasteiger partial charge < -0.3 is 0 Å². The van der Waals surface area contributed by atoms with Crippen LogP contribution in [-0.4, -0.2) is 0 Å². The third kappa shape index (κ3) is 3.70. The Balaban J connectivity index is 4.40. The van der Waals surface area contributed by atoms with Crippen molar-refractivity contribution < 1.29 is 0 Å². The summed E-state index contributed by atoms with van der Waals surface area (Å²) >= 11 is 0. The molecule has 3 atom stereocenters. The third-order valence-corrected chi connectivity index (χ3v) is 3.85. The van der Waals surface area contributed by atoms with Crippen LogP contribution < -0.4 is 0 Å². The number of hydrogen-bond acceptors (Lipinski definition) is 0. The summed E-state index contributed by atoms with van der Waals surface area (Å²) in [5.74, 6) is 2.59. The molecule has 0 aliphatic carbocycles. The second-order valence-corrected chi connectivity index (χ2v) is 5.61. The van der Waals surface area contributed by atoms with Gasteiger partial charge in [-0.2, -0.15) is 0 Å². The quantitative estimate of drug-likeness (QED) is 0.592. The highest BCUT2D eigenvalue weighted by molar-refractivity contribution is 4.79. The molecule has 0 radical (unpaired) electrons.